The molecule has 132 valence electrons. The first-order valence-corrected chi connectivity index (χ1v) is 9.00. The molecule has 0 aliphatic heterocycles. The number of allylic oxidation sites excluding steroid dienone is 1. The lowest BCUT2D eigenvalue weighted by atomic mass is 10.0. The fourth-order valence-electron chi connectivity index (χ4n) is 3.07. The topological polar surface area (TPSA) is 42.0 Å². The fourth-order valence-corrected chi connectivity index (χ4v) is 3.50. The Balaban J connectivity index is 2.50. The third kappa shape index (κ3) is 3.93. The second-order valence-corrected chi connectivity index (χ2v) is 6.43. The maximum absolute atomic E-state index is 13.0. The molecule has 1 amide bonds. The van der Waals surface area contributed by atoms with Gasteiger partial charge in [0.1, 0.15) is 0 Å². The van der Waals surface area contributed by atoms with Gasteiger partial charge in [-0.15, -0.1) is 6.58 Å². The van der Waals surface area contributed by atoms with Crippen LogP contribution in [0.4, 0.5) is 5.69 Å². The summed E-state index contributed by atoms with van der Waals surface area (Å²) in [5, 5.41) is 3.55. The number of nitrogens with zero attached hydrogens (tertiary/aromatic N) is 1. The largest absolute Gasteiger partial charge is 0.321 e. The average Bonchev–Trinajstić information content (AvgIpc) is 2.58. The van der Waals surface area contributed by atoms with Crippen LogP contribution in [0.3, 0.4) is 0 Å². The van der Waals surface area contributed by atoms with Crippen molar-refractivity contribution in [2.45, 2.75) is 47.0 Å². The number of para-hydroxylation sites is 1. The van der Waals surface area contributed by atoms with Gasteiger partial charge in [0.2, 0.25) is 0 Å². The number of benzene rings is 1. The predicted molar refractivity (Wildman–Crippen MR) is 106 cm³/mol. The summed E-state index contributed by atoms with van der Waals surface area (Å²) in [5.41, 5.74) is 5.89. The van der Waals surface area contributed by atoms with Crippen LogP contribution in [0.5, 0.6) is 0 Å². The Hall–Kier alpha value is -2.13. The van der Waals surface area contributed by atoms with Crippen LogP contribution in [0.25, 0.3) is 0 Å². The molecule has 4 heteroatoms. The second kappa shape index (κ2) is 8.30. The number of nitrogens with one attached hydrogen (secondary N) is 1. The molecule has 0 saturated heterocycles. The number of hydrogen-bond acceptors (Lipinski definition) is 2. The van der Waals surface area contributed by atoms with Crippen molar-refractivity contribution in [1.82, 2.24) is 4.98 Å². The lowest BCUT2D eigenvalue weighted by Gasteiger charge is -2.17. The molecule has 0 radical (unpaired) electrons. The molecule has 2 rings (SSSR count). The maximum Gasteiger partial charge on any atom is 0.259 e. The minimum atomic E-state index is -0.212. The number of aromatic nitrogens is 1. The molecule has 25 heavy (non-hydrogen) atoms. The summed E-state index contributed by atoms with van der Waals surface area (Å²) < 4.78 is 0. The lowest BCUT2D eigenvalue weighted by molar-refractivity contribution is 0.102. The van der Waals surface area contributed by atoms with Crippen molar-refractivity contribution in [1.29, 1.82) is 0 Å². The third-order valence-corrected chi connectivity index (χ3v) is 4.85. The lowest BCUT2D eigenvalue weighted by Crippen LogP contribution is -2.18. The minimum Gasteiger partial charge on any atom is -0.321 e. The zero-order valence-electron chi connectivity index (χ0n) is 15.4. The van der Waals surface area contributed by atoms with Gasteiger partial charge in [0.25, 0.3) is 5.91 Å². The van der Waals surface area contributed by atoms with E-state index >= 15 is 0 Å². The first-order chi connectivity index (χ1) is 11.9. The molecule has 1 aromatic heterocycles. The van der Waals surface area contributed by atoms with Crippen molar-refractivity contribution in [3.63, 3.8) is 0 Å². The number of carbonyl (C=O) groups excluding carboxylic acids is 1. The van der Waals surface area contributed by atoms with E-state index in [0.29, 0.717) is 22.7 Å². The first-order valence-electron chi connectivity index (χ1n) is 8.63. The highest BCUT2D eigenvalue weighted by Gasteiger charge is 2.21. The van der Waals surface area contributed by atoms with Crippen LogP contribution < -0.4 is 5.32 Å². The molecule has 1 aromatic carbocycles. The van der Waals surface area contributed by atoms with Crippen LogP contribution in [-0.2, 0) is 19.3 Å². The fraction of sp³-hybridized carbons (Fsp3) is 0.333. The Labute approximate surface area is 155 Å². The molecule has 0 aliphatic carbocycles. The summed E-state index contributed by atoms with van der Waals surface area (Å²) in [6, 6.07) is 6.11. The van der Waals surface area contributed by atoms with Gasteiger partial charge in [-0.05, 0) is 49.8 Å². The van der Waals surface area contributed by atoms with E-state index in [1.807, 2.05) is 32.0 Å². The number of rotatable bonds is 6. The highest BCUT2D eigenvalue weighted by molar-refractivity contribution is 6.35. The Morgan fingerprint density at radius 3 is 2.32 bits per heavy atom. The molecule has 0 spiro atoms. The number of anilines is 1. The number of aryl methyl sites for hydroxylation is 4. The normalized spacial score (nSPS) is 10.6. The van der Waals surface area contributed by atoms with Gasteiger partial charge in [-0.3, -0.25) is 9.78 Å². The quantitative estimate of drug-likeness (QED) is 0.698. The molecule has 2 aromatic rings. The van der Waals surface area contributed by atoms with Crippen LogP contribution in [0.2, 0.25) is 5.02 Å². The first kappa shape index (κ1) is 19.2. The van der Waals surface area contributed by atoms with E-state index in [-0.39, 0.29) is 5.91 Å². The Bertz CT molecular complexity index is 790. The highest BCUT2D eigenvalue weighted by Crippen LogP contribution is 2.29. The van der Waals surface area contributed by atoms with Gasteiger partial charge in [0.05, 0.1) is 16.3 Å². The van der Waals surface area contributed by atoms with E-state index in [1.54, 1.807) is 6.08 Å². The molecule has 0 atom stereocenters. The second-order valence-electron chi connectivity index (χ2n) is 6.06. The molecule has 0 saturated carbocycles. The van der Waals surface area contributed by atoms with Gasteiger partial charge in [-0.25, -0.2) is 0 Å². The monoisotopic (exact) mass is 356 g/mol. The van der Waals surface area contributed by atoms with Crippen LogP contribution in [0.15, 0.2) is 30.9 Å². The molecule has 1 heterocycles. The molecular weight excluding hydrogens is 332 g/mol. The van der Waals surface area contributed by atoms with E-state index in [2.05, 4.69) is 30.7 Å². The molecule has 0 fully saturated rings. The molecule has 0 aliphatic rings. The van der Waals surface area contributed by atoms with E-state index in [1.165, 1.54) is 0 Å². The average molecular weight is 357 g/mol. The number of amides is 1. The highest BCUT2D eigenvalue weighted by atomic mass is 35.5. The van der Waals surface area contributed by atoms with Gasteiger partial charge in [0, 0.05) is 11.4 Å². The molecule has 0 unspecified atom stereocenters. The van der Waals surface area contributed by atoms with E-state index in [0.717, 1.165) is 40.9 Å². The Kier molecular flexibility index (Phi) is 6.38. The summed E-state index contributed by atoms with van der Waals surface area (Å²) in [6.07, 6.45) is 4.06. The minimum absolute atomic E-state index is 0.212. The van der Waals surface area contributed by atoms with Crippen molar-refractivity contribution >= 4 is 23.2 Å². The SMILES string of the molecule is C=CCc1c(C)nc(C)c(C(=O)Nc2c(CC)cccc2CC)c1Cl. The van der Waals surface area contributed by atoms with Gasteiger partial charge >= 0.3 is 0 Å². The van der Waals surface area contributed by atoms with E-state index in [9.17, 15) is 4.79 Å². The summed E-state index contributed by atoms with van der Waals surface area (Å²) in [7, 11) is 0. The van der Waals surface area contributed by atoms with E-state index < -0.39 is 0 Å². The smallest absolute Gasteiger partial charge is 0.259 e. The summed E-state index contributed by atoms with van der Waals surface area (Å²) >= 11 is 6.56. The molecule has 1 N–H and O–H groups in total. The summed E-state index contributed by atoms with van der Waals surface area (Å²) in [4.78, 5) is 17.5. The van der Waals surface area contributed by atoms with Crippen molar-refractivity contribution in [2.75, 3.05) is 5.32 Å². The van der Waals surface area contributed by atoms with Crippen molar-refractivity contribution in [2.24, 2.45) is 0 Å². The number of pyridine rings is 1. The van der Waals surface area contributed by atoms with E-state index in [4.69, 9.17) is 11.6 Å². The van der Waals surface area contributed by atoms with Crippen molar-refractivity contribution in [3.8, 4) is 0 Å². The van der Waals surface area contributed by atoms with Crippen LogP contribution in [0, 0.1) is 13.8 Å². The third-order valence-electron chi connectivity index (χ3n) is 4.43. The molecular formula is C21H25ClN2O. The Morgan fingerprint density at radius 1 is 1.20 bits per heavy atom. The van der Waals surface area contributed by atoms with Gasteiger partial charge < -0.3 is 5.32 Å². The molecule has 3 nitrogen and oxygen atoms in total. The predicted octanol–water partition coefficient (Wildman–Crippen LogP) is 5.46. The number of carbonyl (C=O) groups is 1. The number of halogens is 1. The molecule has 0 bridgehead atoms. The van der Waals surface area contributed by atoms with Crippen molar-refractivity contribution in [3.05, 3.63) is 69.5 Å². The Morgan fingerprint density at radius 2 is 1.80 bits per heavy atom. The van der Waals surface area contributed by atoms with Crippen LogP contribution in [0.1, 0.15) is 52.3 Å². The zero-order chi connectivity index (χ0) is 18.6. The van der Waals surface area contributed by atoms with Crippen molar-refractivity contribution < 1.29 is 4.79 Å². The van der Waals surface area contributed by atoms with Crippen LogP contribution >= 0.6 is 11.6 Å². The summed E-state index contributed by atoms with van der Waals surface area (Å²) in [6.45, 7) is 11.6. The van der Waals surface area contributed by atoms with Gasteiger partial charge in [-0.1, -0.05) is 49.7 Å². The number of hydrogen-bond donors (Lipinski definition) is 1. The zero-order valence-corrected chi connectivity index (χ0v) is 16.1. The van der Waals surface area contributed by atoms with Gasteiger partial charge in [0.15, 0.2) is 0 Å². The summed E-state index contributed by atoms with van der Waals surface area (Å²) in [5.74, 6) is -0.212. The maximum atomic E-state index is 13.0. The standard InChI is InChI=1S/C21H25ClN2O/c1-6-10-17-13(4)23-14(5)18(19(17)22)21(25)24-20-15(7-2)11-9-12-16(20)8-3/h6,9,11-12H,1,7-8,10H2,2-5H3,(H,24,25). The van der Waals surface area contributed by atoms with Gasteiger partial charge in [-0.2, -0.15) is 0 Å². The van der Waals surface area contributed by atoms with Crippen LogP contribution in [-0.4, -0.2) is 10.9 Å².